The summed E-state index contributed by atoms with van der Waals surface area (Å²) in [5.41, 5.74) is 1.91. The van der Waals surface area contributed by atoms with Gasteiger partial charge >= 0.3 is 0 Å². The van der Waals surface area contributed by atoms with Crippen molar-refractivity contribution in [3.8, 4) is 11.5 Å². The molecule has 0 aliphatic heterocycles. The molecule has 1 N–H and O–H groups in total. The van der Waals surface area contributed by atoms with Gasteiger partial charge in [-0.15, -0.1) is 0 Å². The van der Waals surface area contributed by atoms with Crippen molar-refractivity contribution in [1.29, 1.82) is 0 Å². The molecule has 4 nitrogen and oxygen atoms in total. The van der Waals surface area contributed by atoms with Crippen LogP contribution in [-0.2, 0) is 11.3 Å². The van der Waals surface area contributed by atoms with E-state index in [4.69, 9.17) is 9.47 Å². The van der Waals surface area contributed by atoms with E-state index in [-0.39, 0.29) is 5.91 Å². The van der Waals surface area contributed by atoms with E-state index in [1.165, 1.54) is 6.08 Å². The number of hydrogen-bond donors (Lipinski definition) is 1. The third-order valence-electron chi connectivity index (χ3n) is 3.42. The molecule has 126 valence electrons. The highest BCUT2D eigenvalue weighted by molar-refractivity contribution is 5.92. The number of nitrogens with one attached hydrogen (secondary N) is 1. The van der Waals surface area contributed by atoms with Gasteiger partial charge in [0.2, 0.25) is 5.91 Å². The molecular weight excluding hydrogens is 302 g/mol. The Morgan fingerprint density at radius 1 is 1.12 bits per heavy atom. The summed E-state index contributed by atoms with van der Waals surface area (Å²) in [5, 5.41) is 2.86. The molecule has 0 aromatic heterocycles. The first-order valence-electron chi connectivity index (χ1n) is 8.03. The molecule has 0 bridgehead atoms. The Hall–Kier alpha value is -2.75. The number of carbonyl (C=O) groups excluding carboxylic acids is 1. The van der Waals surface area contributed by atoms with Crippen molar-refractivity contribution >= 4 is 12.0 Å². The number of carbonyl (C=O) groups is 1. The van der Waals surface area contributed by atoms with Crippen LogP contribution in [0.3, 0.4) is 0 Å². The number of rotatable bonds is 8. The van der Waals surface area contributed by atoms with E-state index in [1.807, 2.05) is 48.5 Å². The average molecular weight is 325 g/mol. The van der Waals surface area contributed by atoms with Crippen LogP contribution >= 0.6 is 0 Å². The Balaban J connectivity index is 1.90. The van der Waals surface area contributed by atoms with Gasteiger partial charge in [-0.3, -0.25) is 4.79 Å². The second-order valence-corrected chi connectivity index (χ2v) is 5.29. The number of methoxy groups -OCH3 is 1. The van der Waals surface area contributed by atoms with E-state index in [1.54, 1.807) is 13.2 Å². The largest absolute Gasteiger partial charge is 0.497 e. The van der Waals surface area contributed by atoms with Crippen molar-refractivity contribution in [2.45, 2.75) is 19.9 Å². The average Bonchev–Trinajstić information content (AvgIpc) is 2.64. The van der Waals surface area contributed by atoms with Crippen molar-refractivity contribution in [1.82, 2.24) is 5.32 Å². The quantitative estimate of drug-likeness (QED) is 0.751. The third kappa shape index (κ3) is 5.47. The van der Waals surface area contributed by atoms with Gasteiger partial charge in [-0.05, 0) is 36.3 Å². The molecule has 0 fully saturated rings. The molecule has 0 saturated heterocycles. The second-order valence-electron chi connectivity index (χ2n) is 5.29. The minimum atomic E-state index is -0.142. The zero-order valence-electron chi connectivity index (χ0n) is 14.1. The van der Waals surface area contributed by atoms with Gasteiger partial charge in [0.25, 0.3) is 0 Å². The highest BCUT2D eigenvalue weighted by atomic mass is 16.5. The second kappa shape index (κ2) is 9.40. The molecular formula is C20H23NO3. The molecule has 0 unspecified atom stereocenters. The van der Waals surface area contributed by atoms with Crippen LogP contribution in [0.2, 0.25) is 0 Å². The van der Waals surface area contributed by atoms with Crippen LogP contribution in [0.25, 0.3) is 6.08 Å². The van der Waals surface area contributed by atoms with Crippen LogP contribution in [0.4, 0.5) is 0 Å². The molecule has 1 amide bonds. The fourth-order valence-corrected chi connectivity index (χ4v) is 2.12. The summed E-state index contributed by atoms with van der Waals surface area (Å²) >= 11 is 0. The summed E-state index contributed by atoms with van der Waals surface area (Å²) in [4.78, 5) is 12.0. The van der Waals surface area contributed by atoms with Crippen molar-refractivity contribution in [3.05, 3.63) is 65.7 Å². The molecule has 0 radical (unpaired) electrons. The first-order valence-corrected chi connectivity index (χ1v) is 8.03. The first-order chi connectivity index (χ1) is 11.7. The fourth-order valence-electron chi connectivity index (χ4n) is 2.12. The van der Waals surface area contributed by atoms with Crippen LogP contribution in [0.1, 0.15) is 24.5 Å². The number of para-hydroxylation sites is 1. The van der Waals surface area contributed by atoms with Gasteiger partial charge in [0, 0.05) is 18.2 Å². The van der Waals surface area contributed by atoms with E-state index >= 15 is 0 Å². The summed E-state index contributed by atoms with van der Waals surface area (Å²) in [6.45, 7) is 3.20. The van der Waals surface area contributed by atoms with Crippen molar-refractivity contribution in [2.75, 3.05) is 13.7 Å². The highest BCUT2D eigenvalue weighted by Crippen LogP contribution is 2.19. The summed E-state index contributed by atoms with van der Waals surface area (Å²) in [7, 11) is 1.63. The maximum atomic E-state index is 12.0. The van der Waals surface area contributed by atoms with Crippen LogP contribution in [0.5, 0.6) is 11.5 Å². The standard InChI is InChI=1S/C20H23NO3/c1-3-14-24-19-7-5-4-6-17(19)10-13-20(22)21-15-16-8-11-18(23-2)12-9-16/h4-13H,3,14-15H2,1-2H3,(H,21,22)/b13-10+. The van der Waals surface area contributed by atoms with E-state index < -0.39 is 0 Å². The summed E-state index contributed by atoms with van der Waals surface area (Å²) in [5.74, 6) is 1.45. The number of benzene rings is 2. The SMILES string of the molecule is CCCOc1ccccc1/C=C/C(=O)NCc1ccc(OC)cc1. The summed E-state index contributed by atoms with van der Waals surface area (Å²) in [6, 6.07) is 15.3. The van der Waals surface area contributed by atoms with Crippen LogP contribution in [0, 0.1) is 0 Å². The van der Waals surface area contributed by atoms with Crippen molar-refractivity contribution in [2.24, 2.45) is 0 Å². The Morgan fingerprint density at radius 3 is 2.58 bits per heavy atom. The van der Waals surface area contributed by atoms with Crippen molar-refractivity contribution in [3.63, 3.8) is 0 Å². The molecule has 0 atom stereocenters. The smallest absolute Gasteiger partial charge is 0.244 e. The molecule has 4 heteroatoms. The Bertz CT molecular complexity index is 678. The lowest BCUT2D eigenvalue weighted by Gasteiger charge is -2.07. The molecule has 0 saturated carbocycles. The van der Waals surface area contributed by atoms with E-state index in [2.05, 4.69) is 12.2 Å². The molecule has 0 aliphatic rings. The number of amides is 1. The van der Waals surface area contributed by atoms with Crippen molar-refractivity contribution < 1.29 is 14.3 Å². The predicted octanol–water partition coefficient (Wildman–Crippen LogP) is 3.81. The lowest BCUT2D eigenvalue weighted by molar-refractivity contribution is -0.116. The molecule has 0 spiro atoms. The zero-order valence-corrected chi connectivity index (χ0v) is 14.1. The van der Waals surface area contributed by atoms with E-state index in [0.29, 0.717) is 13.2 Å². The minimum Gasteiger partial charge on any atom is -0.497 e. The van der Waals surface area contributed by atoms with Crippen LogP contribution < -0.4 is 14.8 Å². The normalized spacial score (nSPS) is 10.6. The number of hydrogen-bond acceptors (Lipinski definition) is 3. The maximum Gasteiger partial charge on any atom is 0.244 e. The van der Waals surface area contributed by atoms with Gasteiger partial charge in [0.15, 0.2) is 0 Å². The van der Waals surface area contributed by atoms with Crippen LogP contribution in [-0.4, -0.2) is 19.6 Å². The van der Waals surface area contributed by atoms with Gasteiger partial charge in [0.05, 0.1) is 13.7 Å². The Morgan fingerprint density at radius 2 is 1.88 bits per heavy atom. The molecule has 0 aliphatic carbocycles. The molecule has 2 aromatic carbocycles. The number of ether oxygens (including phenoxy) is 2. The molecule has 2 rings (SSSR count). The van der Waals surface area contributed by atoms with E-state index in [0.717, 1.165) is 29.0 Å². The topological polar surface area (TPSA) is 47.6 Å². The summed E-state index contributed by atoms with van der Waals surface area (Å²) < 4.78 is 10.8. The zero-order chi connectivity index (χ0) is 17.2. The monoisotopic (exact) mass is 325 g/mol. The van der Waals surface area contributed by atoms with Gasteiger partial charge in [0.1, 0.15) is 11.5 Å². The van der Waals surface area contributed by atoms with Crippen LogP contribution in [0.15, 0.2) is 54.6 Å². The lowest BCUT2D eigenvalue weighted by Crippen LogP contribution is -2.20. The minimum absolute atomic E-state index is 0.142. The first kappa shape index (κ1) is 17.6. The maximum absolute atomic E-state index is 12.0. The lowest BCUT2D eigenvalue weighted by atomic mass is 10.2. The molecule has 24 heavy (non-hydrogen) atoms. The Labute approximate surface area is 143 Å². The Kier molecular flexibility index (Phi) is 6.90. The van der Waals surface area contributed by atoms with Gasteiger partial charge in [-0.2, -0.15) is 0 Å². The fraction of sp³-hybridized carbons (Fsp3) is 0.250. The highest BCUT2D eigenvalue weighted by Gasteiger charge is 2.01. The molecule has 2 aromatic rings. The van der Waals surface area contributed by atoms with E-state index in [9.17, 15) is 4.79 Å². The predicted molar refractivity (Wildman–Crippen MR) is 96.1 cm³/mol. The van der Waals surface area contributed by atoms with Gasteiger partial charge < -0.3 is 14.8 Å². The summed E-state index contributed by atoms with van der Waals surface area (Å²) in [6.07, 6.45) is 4.24. The van der Waals surface area contributed by atoms with Gasteiger partial charge in [-0.25, -0.2) is 0 Å². The van der Waals surface area contributed by atoms with Gasteiger partial charge in [-0.1, -0.05) is 37.3 Å². The molecule has 0 heterocycles. The third-order valence-corrected chi connectivity index (χ3v) is 3.42.